The van der Waals surface area contributed by atoms with Crippen LogP contribution < -0.4 is 10.9 Å². The van der Waals surface area contributed by atoms with Crippen LogP contribution in [0.5, 0.6) is 0 Å². The van der Waals surface area contributed by atoms with Crippen LogP contribution >= 0.6 is 0 Å². The summed E-state index contributed by atoms with van der Waals surface area (Å²) < 4.78 is 1.82. The number of nitrogens with one attached hydrogen (secondary N) is 1. The molecular formula is C17H23N3O. The van der Waals surface area contributed by atoms with Crippen molar-refractivity contribution in [3.05, 3.63) is 40.8 Å². The van der Waals surface area contributed by atoms with Crippen molar-refractivity contribution >= 4 is 11.0 Å². The first-order valence-electron chi connectivity index (χ1n) is 8.00. The number of hydrogen-bond acceptors (Lipinski definition) is 3. The second kappa shape index (κ2) is 6.85. The maximum atomic E-state index is 12.0. The quantitative estimate of drug-likeness (QED) is 0.859. The van der Waals surface area contributed by atoms with Gasteiger partial charge in [-0.15, -0.1) is 0 Å². The zero-order chi connectivity index (χ0) is 14.5. The number of rotatable bonds is 5. The van der Waals surface area contributed by atoms with Gasteiger partial charge in [-0.1, -0.05) is 31.4 Å². The minimum absolute atomic E-state index is 0.0202. The van der Waals surface area contributed by atoms with Crippen molar-refractivity contribution in [1.29, 1.82) is 0 Å². The molecule has 0 unspecified atom stereocenters. The highest BCUT2D eigenvalue weighted by Crippen LogP contribution is 2.22. The zero-order valence-electron chi connectivity index (χ0n) is 12.4. The Morgan fingerprint density at radius 2 is 2.00 bits per heavy atom. The van der Waals surface area contributed by atoms with Crippen LogP contribution in [0.4, 0.5) is 0 Å². The van der Waals surface area contributed by atoms with E-state index in [1.165, 1.54) is 38.3 Å². The molecule has 1 fully saturated rings. The lowest BCUT2D eigenvalue weighted by atomic mass is 9.89. The number of nitrogens with zero attached hydrogens (tertiary/aromatic N) is 2. The van der Waals surface area contributed by atoms with Crippen LogP contribution in [0.15, 0.2) is 35.3 Å². The van der Waals surface area contributed by atoms with E-state index >= 15 is 0 Å². The van der Waals surface area contributed by atoms with Gasteiger partial charge in [-0.25, -0.2) is 4.98 Å². The van der Waals surface area contributed by atoms with Gasteiger partial charge in [0.2, 0.25) is 0 Å². The Labute approximate surface area is 125 Å². The van der Waals surface area contributed by atoms with Crippen molar-refractivity contribution in [2.45, 2.75) is 38.6 Å². The lowest BCUT2D eigenvalue weighted by Gasteiger charge is -2.22. The summed E-state index contributed by atoms with van der Waals surface area (Å²) in [6.07, 6.45) is 8.27. The van der Waals surface area contributed by atoms with Crippen LogP contribution in [-0.2, 0) is 6.54 Å². The average Bonchev–Trinajstić information content (AvgIpc) is 2.54. The molecule has 4 nitrogen and oxygen atoms in total. The lowest BCUT2D eigenvalue weighted by molar-refractivity contribution is 0.340. The van der Waals surface area contributed by atoms with Gasteiger partial charge in [-0.3, -0.25) is 4.79 Å². The van der Waals surface area contributed by atoms with Crippen molar-refractivity contribution in [3.63, 3.8) is 0 Å². The van der Waals surface area contributed by atoms with Crippen LogP contribution in [0.1, 0.15) is 32.1 Å². The van der Waals surface area contributed by atoms with Gasteiger partial charge in [0, 0.05) is 13.1 Å². The fourth-order valence-corrected chi connectivity index (χ4v) is 3.23. The summed E-state index contributed by atoms with van der Waals surface area (Å²) in [6.45, 7) is 2.62. The number of benzene rings is 1. The largest absolute Gasteiger partial charge is 0.315 e. The van der Waals surface area contributed by atoms with E-state index in [0.29, 0.717) is 6.54 Å². The normalized spacial score (nSPS) is 16.4. The molecule has 2 aromatic rings. The Morgan fingerprint density at radius 1 is 1.19 bits per heavy atom. The predicted molar refractivity (Wildman–Crippen MR) is 85.4 cm³/mol. The van der Waals surface area contributed by atoms with Crippen molar-refractivity contribution in [2.24, 2.45) is 5.92 Å². The van der Waals surface area contributed by atoms with Crippen LogP contribution in [0.3, 0.4) is 0 Å². The number of hydrogen-bond donors (Lipinski definition) is 1. The summed E-state index contributed by atoms with van der Waals surface area (Å²) in [6, 6.07) is 7.81. The molecular weight excluding hydrogens is 262 g/mol. The molecule has 112 valence electrons. The summed E-state index contributed by atoms with van der Waals surface area (Å²) in [5, 5.41) is 3.52. The standard InChI is InChI=1S/C17H23N3O/c21-17-13-19-15-8-4-5-9-16(15)20(17)11-10-18-12-14-6-2-1-3-7-14/h4-5,8-9,13-14,18H,1-3,6-7,10-12H2. The minimum Gasteiger partial charge on any atom is -0.315 e. The molecule has 1 heterocycles. The van der Waals surface area contributed by atoms with E-state index in [1.807, 2.05) is 28.8 Å². The molecule has 0 atom stereocenters. The Balaban J connectivity index is 1.60. The van der Waals surface area contributed by atoms with E-state index in [9.17, 15) is 4.79 Å². The SMILES string of the molecule is O=c1cnc2ccccc2n1CCNCC1CCCCC1. The Hall–Kier alpha value is -1.68. The molecule has 1 aromatic heterocycles. The summed E-state index contributed by atoms with van der Waals surface area (Å²) >= 11 is 0. The third kappa shape index (κ3) is 3.50. The van der Waals surface area contributed by atoms with Gasteiger partial charge in [-0.2, -0.15) is 0 Å². The van der Waals surface area contributed by atoms with Crippen LogP contribution in [-0.4, -0.2) is 22.6 Å². The Kier molecular flexibility index (Phi) is 4.65. The van der Waals surface area contributed by atoms with Crippen LogP contribution in [0.2, 0.25) is 0 Å². The van der Waals surface area contributed by atoms with Crippen molar-refractivity contribution in [3.8, 4) is 0 Å². The summed E-state index contributed by atoms with van der Waals surface area (Å²) in [7, 11) is 0. The van der Waals surface area contributed by atoms with Crippen LogP contribution in [0.25, 0.3) is 11.0 Å². The molecule has 21 heavy (non-hydrogen) atoms. The smallest absolute Gasteiger partial charge is 0.269 e. The monoisotopic (exact) mass is 285 g/mol. The van der Waals surface area contributed by atoms with Gasteiger partial charge in [0.25, 0.3) is 5.56 Å². The molecule has 0 bridgehead atoms. The van der Waals surface area contributed by atoms with Gasteiger partial charge < -0.3 is 9.88 Å². The van der Waals surface area contributed by atoms with Gasteiger partial charge in [0.05, 0.1) is 17.2 Å². The van der Waals surface area contributed by atoms with Crippen molar-refractivity contribution < 1.29 is 0 Å². The van der Waals surface area contributed by atoms with Gasteiger partial charge >= 0.3 is 0 Å². The molecule has 0 amide bonds. The molecule has 1 aliphatic carbocycles. The molecule has 3 rings (SSSR count). The third-order valence-corrected chi connectivity index (χ3v) is 4.42. The van der Waals surface area contributed by atoms with Crippen LogP contribution in [0, 0.1) is 5.92 Å². The van der Waals surface area contributed by atoms with Crippen molar-refractivity contribution in [1.82, 2.24) is 14.9 Å². The van der Waals surface area contributed by atoms with E-state index in [1.54, 1.807) is 0 Å². The van der Waals surface area contributed by atoms with Gasteiger partial charge in [0.15, 0.2) is 0 Å². The second-order valence-electron chi connectivity index (χ2n) is 5.94. The Morgan fingerprint density at radius 3 is 2.86 bits per heavy atom. The summed E-state index contributed by atoms with van der Waals surface area (Å²) in [5.41, 5.74) is 1.78. The molecule has 1 aliphatic rings. The highest BCUT2D eigenvalue weighted by molar-refractivity contribution is 5.74. The Bertz CT molecular complexity index is 644. The predicted octanol–water partition coefficient (Wildman–Crippen LogP) is 2.57. The average molecular weight is 285 g/mol. The maximum absolute atomic E-state index is 12.0. The molecule has 0 saturated heterocycles. The molecule has 1 N–H and O–H groups in total. The highest BCUT2D eigenvalue weighted by atomic mass is 16.1. The maximum Gasteiger partial charge on any atom is 0.269 e. The number of para-hydroxylation sites is 2. The highest BCUT2D eigenvalue weighted by Gasteiger charge is 2.12. The minimum atomic E-state index is -0.0202. The summed E-state index contributed by atoms with van der Waals surface area (Å²) in [5.74, 6) is 0.824. The first kappa shape index (κ1) is 14.3. The molecule has 0 aliphatic heterocycles. The zero-order valence-corrected chi connectivity index (χ0v) is 12.4. The molecule has 0 radical (unpaired) electrons. The van der Waals surface area contributed by atoms with Gasteiger partial charge in [-0.05, 0) is 37.4 Å². The molecule has 4 heteroatoms. The van der Waals surface area contributed by atoms with E-state index in [4.69, 9.17) is 0 Å². The second-order valence-corrected chi connectivity index (χ2v) is 5.94. The number of aromatic nitrogens is 2. The fourth-order valence-electron chi connectivity index (χ4n) is 3.23. The summed E-state index contributed by atoms with van der Waals surface area (Å²) in [4.78, 5) is 16.2. The van der Waals surface area contributed by atoms with Gasteiger partial charge in [0.1, 0.15) is 0 Å². The molecule has 0 spiro atoms. The van der Waals surface area contributed by atoms with E-state index < -0.39 is 0 Å². The first-order chi connectivity index (χ1) is 10.3. The third-order valence-electron chi connectivity index (χ3n) is 4.42. The van der Waals surface area contributed by atoms with E-state index in [0.717, 1.165) is 30.0 Å². The number of fused-ring (bicyclic) bond motifs is 1. The fraction of sp³-hybridized carbons (Fsp3) is 0.529. The molecule has 1 saturated carbocycles. The van der Waals surface area contributed by atoms with E-state index in [-0.39, 0.29) is 5.56 Å². The lowest BCUT2D eigenvalue weighted by Crippen LogP contribution is -2.30. The molecule has 1 aromatic carbocycles. The van der Waals surface area contributed by atoms with Crippen molar-refractivity contribution in [2.75, 3.05) is 13.1 Å². The van der Waals surface area contributed by atoms with E-state index in [2.05, 4.69) is 10.3 Å². The first-order valence-corrected chi connectivity index (χ1v) is 8.00. The topological polar surface area (TPSA) is 46.9 Å².